The average Bonchev–Trinajstić information content (AvgIpc) is 3.40. The maximum absolute atomic E-state index is 12.6. The zero-order chi connectivity index (χ0) is 19.5. The fourth-order valence-electron chi connectivity index (χ4n) is 4.00. The van der Waals surface area contributed by atoms with Crippen molar-refractivity contribution in [1.82, 2.24) is 10.2 Å². The van der Waals surface area contributed by atoms with Gasteiger partial charge in [0.15, 0.2) is 0 Å². The Bertz CT molecular complexity index is 868. The van der Waals surface area contributed by atoms with Crippen LogP contribution in [0.5, 0.6) is 17.2 Å². The van der Waals surface area contributed by atoms with E-state index in [0.717, 1.165) is 54.4 Å². The number of likely N-dealkylation sites (tertiary alicyclic amines) is 1. The van der Waals surface area contributed by atoms with Crippen molar-refractivity contribution >= 4 is 6.03 Å². The van der Waals surface area contributed by atoms with Crippen molar-refractivity contribution in [2.45, 2.75) is 25.3 Å². The average molecular weight is 382 g/mol. The molecule has 1 N–H and O–H groups in total. The number of hydrogen-bond donors (Lipinski definition) is 1. The van der Waals surface area contributed by atoms with E-state index in [-0.39, 0.29) is 11.9 Å². The lowest BCUT2D eigenvalue weighted by Gasteiger charge is -2.19. The Morgan fingerprint density at radius 1 is 1.21 bits per heavy atom. The minimum absolute atomic E-state index is 0.0267. The van der Waals surface area contributed by atoms with Crippen molar-refractivity contribution < 1.29 is 19.0 Å². The summed E-state index contributed by atoms with van der Waals surface area (Å²) in [6, 6.07) is 11.9. The van der Waals surface area contributed by atoms with E-state index >= 15 is 0 Å². The first-order valence-corrected chi connectivity index (χ1v) is 9.67. The number of amides is 2. The molecule has 6 heteroatoms. The van der Waals surface area contributed by atoms with Crippen molar-refractivity contribution in [2.75, 3.05) is 33.9 Å². The number of methoxy groups -OCH3 is 2. The second kappa shape index (κ2) is 8.00. The molecule has 28 heavy (non-hydrogen) atoms. The standard InChI is InChI=1S/C22H26N2O4/c1-26-18-4-6-21(27-2)19(12-18)17-7-9-24(14-17)22(25)23-13-15-3-5-20-16(11-15)8-10-28-20/h3-6,11-12,17H,7-10,13-14H2,1-2H3,(H,23,25)/t17-/m1/s1. The minimum atomic E-state index is -0.0267. The van der Waals surface area contributed by atoms with Crippen LogP contribution in [0.3, 0.4) is 0 Å². The number of carbonyl (C=O) groups is 1. The number of carbonyl (C=O) groups excluding carboxylic acids is 1. The highest BCUT2D eigenvalue weighted by Gasteiger charge is 2.29. The van der Waals surface area contributed by atoms with Crippen molar-refractivity contribution in [1.29, 1.82) is 0 Å². The molecule has 0 spiro atoms. The molecule has 0 aromatic heterocycles. The Kier molecular flexibility index (Phi) is 5.28. The quantitative estimate of drug-likeness (QED) is 0.862. The van der Waals surface area contributed by atoms with Gasteiger partial charge in [0.2, 0.25) is 0 Å². The third kappa shape index (κ3) is 3.72. The molecule has 4 rings (SSSR count). The van der Waals surface area contributed by atoms with Crippen LogP contribution in [0.25, 0.3) is 0 Å². The molecule has 1 saturated heterocycles. The summed E-state index contributed by atoms with van der Waals surface area (Å²) < 4.78 is 16.4. The second-order valence-corrected chi connectivity index (χ2v) is 7.24. The molecular weight excluding hydrogens is 356 g/mol. The van der Waals surface area contributed by atoms with Gasteiger partial charge in [-0.05, 0) is 41.8 Å². The van der Waals surface area contributed by atoms with Crippen molar-refractivity contribution in [3.63, 3.8) is 0 Å². The van der Waals surface area contributed by atoms with E-state index < -0.39 is 0 Å². The van der Waals surface area contributed by atoms with E-state index in [0.29, 0.717) is 13.1 Å². The molecule has 0 bridgehead atoms. The molecule has 0 radical (unpaired) electrons. The highest BCUT2D eigenvalue weighted by atomic mass is 16.5. The molecule has 1 atom stereocenters. The van der Waals surface area contributed by atoms with Crippen LogP contribution >= 0.6 is 0 Å². The van der Waals surface area contributed by atoms with E-state index in [1.807, 2.05) is 35.2 Å². The van der Waals surface area contributed by atoms with Crippen LogP contribution in [0.15, 0.2) is 36.4 Å². The zero-order valence-electron chi connectivity index (χ0n) is 16.4. The normalized spacial score (nSPS) is 17.8. The van der Waals surface area contributed by atoms with Crippen LogP contribution in [0.1, 0.15) is 29.0 Å². The summed E-state index contributed by atoms with van der Waals surface area (Å²) in [5, 5.41) is 3.05. The fraction of sp³-hybridized carbons (Fsp3) is 0.409. The van der Waals surface area contributed by atoms with Gasteiger partial charge in [-0.15, -0.1) is 0 Å². The van der Waals surface area contributed by atoms with Gasteiger partial charge in [0.05, 0.1) is 20.8 Å². The van der Waals surface area contributed by atoms with Gasteiger partial charge in [0.25, 0.3) is 0 Å². The van der Waals surface area contributed by atoms with E-state index in [1.165, 1.54) is 5.56 Å². The van der Waals surface area contributed by atoms with Crippen LogP contribution in [0.2, 0.25) is 0 Å². The van der Waals surface area contributed by atoms with Gasteiger partial charge in [-0.1, -0.05) is 12.1 Å². The Hall–Kier alpha value is -2.89. The monoisotopic (exact) mass is 382 g/mol. The molecule has 2 aromatic carbocycles. The first-order chi connectivity index (χ1) is 13.7. The Balaban J connectivity index is 1.37. The van der Waals surface area contributed by atoms with Gasteiger partial charge in [-0.2, -0.15) is 0 Å². The molecule has 2 amide bonds. The zero-order valence-corrected chi connectivity index (χ0v) is 16.4. The van der Waals surface area contributed by atoms with Gasteiger partial charge in [0, 0.05) is 37.5 Å². The molecule has 0 saturated carbocycles. The number of nitrogens with one attached hydrogen (secondary N) is 1. The second-order valence-electron chi connectivity index (χ2n) is 7.24. The first-order valence-electron chi connectivity index (χ1n) is 9.67. The van der Waals surface area contributed by atoms with Gasteiger partial charge < -0.3 is 24.4 Å². The van der Waals surface area contributed by atoms with Gasteiger partial charge >= 0.3 is 6.03 Å². The number of urea groups is 1. The number of benzene rings is 2. The smallest absolute Gasteiger partial charge is 0.317 e. The Labute approximate surface area is 165 Å². The molecular formula is C22H26N2O4. The highest BCUT2D eigenvalue weighted by molar-refractivity contribution is 5.74. The lowest BCUT2D eigenvalue weighted by molar-refractivity contribution is 0.207. The van der Waals surface area contributed by atoms with Gasteiger partial charge in [0.1, 0.15) is 17.2 Å². The lowest BCUT2D eigenvalue weighted by Crippen LogP contribution is -2.38. The van der Waals surface area contributed by atoms with Gasteiger partial charge in [-0.3, -0.25) is 0 Å². The minimum Gasteiger partial charge on any atom is -0.497 e. The SMILES string of the molecule is COc1ccc(OC)c([C@@H]2CCN(C(=O)NCc3ccc4c(c3)CCO4)C2)c1. The third-order valence-electron chi connectivity index (χ3n) is 5.55. The molecule has 6 nitrogen and oxygen atoms in total. The summed E-state index contributed by atoms with van der Waals surface area (Å²) in [7, 11) is 3.33. The summed E-state index contributed by atoms with van der Waals surface area (Å²) in [5.41, 5.74) is 3.41. The highest BCUT2D eigenvalue weighted by Crippen LogP contribution is 2.36. The van der Waals surface area contributed by atoms with Crippen LogP contribution < -0.4 is 19.5 Å². The van der Waals surface area contributed by atoms with Crippen molar-refractivity contribution in [3.8, 4) is 17.2 Å². The summed E-state index contributed by atoms with van der Waals surface area (Å²) in [6.45, 7) is 2.67. The molecule has 2 heterocycles. The number of ether oxygens (including phenoxy) is 3. The predicted octanol–water partition coefficient (Wildman–Crippen LogP) is 3.34. The third-order valence-corrected chi connectivity index (χ3v) is 5.55. The number of hydrogen-bond acceptors (Lipinski definition) is 4. The molecule has 1 fully saturated rings. The number of fused-ring (bicyclic) bond motifs is 1. The van der Waals surface area contributed by atoms with E-state index in [9.17, 15) is 4.79 Å². The summed E-state index contributed by atoms with van der Waals surface area (Å²) in [6.07, 6.45) is 1.85. The lowest BCUT2D eigenvalue weighted by atomic mass is 9.97. The molecule has 2 aliphatic heterocycles. The van der Waals surface area contributed by atoms with Crippen LogP contribution in [-0.4, -0.2) is 44.8 Å². The van der Waals surface area contributed by atoms with Crippen LogP contribution in [-0.2, 0) is 13.0 Å². The Morgan fingerprint density at radius 2 is 2.11 bits per heavy atom. The largest absolute Gasteiger partial charge is 0.497 e. The number of nitrogens with zero attached hydrogens (tertiary/aromatic N) is 1. The topological polar surface area (TPSA) is 60.0 Å². The van der Waals surface area contributed by atoms with Crippen molar-refractivity contribution in [2.24, 2.45) is 0 Å². The molecule has 0 unspecified atom stereocenters. The molecule has 0 aliphatic carbocycles. The summed E-state index contributed by atoms with van der Waals surface area (Å²) >= 11 is 0. The predicted molar refractivity (Wildman–Crippen MR) is 106 cm³/mol. The number of rotatable bonds is 5. The fourth-order valence-corrected chi connectivity index (χ4v) is 4.00. The van der Waals surface area contributed by atoms with Crippen LogP contribution in [0.4, 0.5) is 4.79 Å². The molecule has 2 aromatic rings. The van der Waals surface area contributed by atoms with E-state index in [2.05, 4.69) is 11.4 Å². The Morgan fingerprint density at radius 3 is 2.93 bits per heavy atom. The first kappa shape index (κ1) is 18.5. The van der Waals surface area contributed by atoms with E-state index in [4.69, 9.17) is 14.2 Å². The molecule has 2 aliphatic rings. The van der Waals surface area contributed by atoms with Crippen molar-refractivity contribution in [3.05, 3.63) is 53.1 Å². The van der Waals surface area contributed by atoms with Crippen LogP contribution in [0, 0.1) is 0 Å². The maximum atomic E-state index is 12.6. The summed E-state index contributed by atoms with van der Waals surface area (Å²) in [5.74, 6) is 2.85. The molecule has 148 valence electrons. The van der Waals surface area contributed by atoms with E-state index in [1.54, 1.807) is 14.2 Å². The summed E-state index contributed by atoms with van der Waals surface area (Å²) in [4.78, 5) is 14.5. The maximum Gasteiger partial charge on any atom is 0.317 e. The van der Waals surface area contributed by atoms with Gasteiger partial charge in [-0.25, -0.2) is 4.79 Å².